The summed E-state index contributed by atoms with van der Waals surface area (Å²) < 4.78 is 6.66. The number of aromatic amines is 1. The van der Waals surface area contributed by atoms with E-state index in [1.165, 1.54) is 16.8 Å². The molecule has 0 spiro atoms. The SMILES string of the molecule is O=CC(O)C(O)C(O)CO.O=c1ccn([C@@H]2O[C@H](CO)[C@@H](O)[C@H]2O)c(=S)[nH]1. The van der Waals surface area contributed by atoms with Crippen molar-refractivity contribution in [3.63, 3.8) is 0 Å². The highest BCUT2D eigenvalue weighted by Gasteiger charge is 2.43. The van der Waals surface area contributed by atoms with Crippen LogP contribution in [0.2, 0.25) is 0 Å². The number of ether oxygens (including phenoxy) is 1. The van der Waals surface area contributed by atoms with Crippen molar-refractivity contribution in [2.45, 2.75) is 42.9 Å². The number of nitrogens with zero attached hydrogens (tertiary/aromatic N) is 1. The van der Waals surface area contributed by atoms with E-state index in [2.05, 4.69) is 4.98 Å². The highest BCUT2D eigenvalue weighted by atomic mass is 32.1. The zero-order valence-electron chi connectivity index (χ0n) is 13.9. The molecule has 2 heterocycles. The highest BCUT2D eigenvalue weighted by Crippen LogP contribution is 2.28. The van der Waals surface area contributed by atoms with Gasteiger partial charge < -0.3 is 45.3 Å². The van der Waals surface area contributed by atoms with Crippen LogP contribution in [-0.2, 0) is 9.53 Å². The first-order chi connectivity index (χ1) is 12.7. The number of aliphatic hydroxyl groups is 7. The van der Waals surface area contributed by atoms with Gasteiger partial charge in [-0.15, -0.1) is 0 Å². The minimum atomic E-state index is -1.64. The van der Waals surface area contributed by atoms with Crippen LogP contribution in [0.15, 0.2) is 17.1 Å². The molecule has 2 rings (SSSR count). The highest BCUT2D eigenvalue weighted by molar-refractivity contribution is 7.71. The summed E-state index contributed by atoms with van der Waals surface area (Å²) in [6.07, 6.45) is -7.48. The van der Waals surface area contributed by atoms with Crippen molar-refractivity contribution in [2.75, 3.05) is 13.2 Å². The first-order valence-electron chi connectivity index (χ1n) is 7.72. The summed E-state index contributed by atoms with van der Waals surface area (Å²) >= 11 is 4.91. The monoisotopic (exact) mass is 410 g/mol. The summed E-state index contributed by atoms with van der Waals surface area (Å²) in [4.78, 5) is 23.1. The molecule has 1 aliphatic rings. The van der Waals surface area contributed by atoms with Crippen molar-refractivity contribution in [3.05, 3.63) is 27.4 Å². The Morgan fingerprint density at radius 3 is 2.33 bits per heavy atom. The molecule has 8 N–H and O–H groups in total. The molecule has 13 heteroatoms. The van der Waals surface area contributed by atoms with Crippen molar-refractivity contribution in [3.8, 4) is 0 Å². The number of carbonyl (C=O) groups is 1. The number of aromatic nitrogens is 2. The van der Waals surface area contributed by atoms with E-state index in [4.69, 9.17) is 42.5 Å². The third-order valence-electron chi connectivity index (χ3n) is 3.71. The first kappa shape index (κ1) is 23.5. The minimum Gasteiger partial charge on any atom is -0.394 e. The lowest BCUT2D eigenvalue weighted by atomic mass is 10.1. The summed E-state index contributed by atoms with van der Waals surface area (Å²) in [6, 6.07) is 1.23. The average molecular weight is 410 g/mol. The van der Waals surface area contributed by atoms with Crippen LogP contribution >= 0.6 is 12.2 Å². The van der Waals surface area contributed by atoms with Gasteiger partial charge in [0.05, 0.1) is 13.2 Å². The average Bonchev–Trinajstić information content (AvgIpc) is 2.94. The van der Waals surface area contributed by atoms with Gasteiger partial charge in [-0.25, -0.2) is 0 Å². The third-order valence-corrected chi connectivity index (χ3v) is 4.03. The molecule has 1 aliphatic heterocycles. The maximum Gasteiger partial charge on any atom is 0.251 e. The van der Waals surface area contributed by atoms with Gasteiger partial charge in [-0.3, -0.25) is 14.3 Å². The summed E-state index contributed by atoms with van der Waals surface area (Å²) in [5.74, 6) is 0. The first-order valence-corrected chi connectivity index (χ1v) is 8.13. The molecular weight excluding hydrogens is 388 g/mol. The Labute approximate surface area is 157 Å². The van der Waals surface area contributed by atoms with Gasteiger partial charge in [-0.1, -0.05) is 0 Å². The quantitative estimate of drug-likeness (QED) is 0.167. The predicted octanol–water partition coefficient (Wildman–Crippen LogP) is -4.22. The number of nitrogens with one attached hydrogen (secondary N) is 1. The summed E-state index contributed by atoms with van der Waals surface area (Å²) in [5, 5.41) is 62.3. The number of aliphatic hydroxyl groups excluding tert-OH is 7. The lowest BCUT2D eigenvalue weighted by Gasteiger charge is -2.17. The molecule has 0 radical (unpaired) electrons. The van der Waals surface area contributed by atoms with Gasteiger partial charge in [0.25, 0.3) is 5.56 Å². The summed E-state index contributed by atoms with van der Waals surface area (Å²) in [5.41, 5.74) is -0.363. The van der Waals surface area contributed by atoms with Gasteiger partial charge in [0.1, 0.15) is 36.6 Å². The van der Waals surface area contributed by atoms with Gasteiger partial charge in [0, 0.05) is 12.3 Å². The second-order valence-electron chi connectivity index (χ2n) is 5.61. The molecule has 1 saturated heterocycles. The zero-order valence-corrected chi connectivity index (χ0v) is 14.7. The van der Waals surface area contributed by atoms with Crippen molar-refractivity contribution in [1.82, 2.24) is 9.55 Å². The molecule has 7 atom stereocenters. The maximum atomic E-state index is 11.0. The number of rotatable bonds is 6. The molecule has 0 bridgehead atoms. The van der Waals surface area contributed by atoms with Crippen LogP contribution in [0.25, 0.3) is 0 Å². The van der Waals surface area contributed by atoms with Crippen molar-refractivity contribution >= 4 is 18.5 Å². The Morgan fingerprint density at radius 1 is 1.26 bits per heavy atom. The van der Waals surface area contributed by atoms with Crippen LogP contribution in [0.1, 0.15) is 6.23 Å². The maximum absolute atomic E-state index is 11.0. The molecule has 0 aromatic carbocycles. The zero-order chi connectivity index (χ0) is 20.7. The van der Waals surface area contributed by atoms with E-state index < -0.39 is 56.1 Å². The van der Waals surface area contributed by atoms with Crippen LogP contribution in [0.5, 0.6) is 0 Å². The number of H-pyrrole nitrogens is 1. The van der Waals surface area contributed by atoms with Crippen LogP contribution in [0.4, 0.5) is 0 Å². The van der Waals surface area contributed by atoms with E-state index in [1.807, 2.05) is 0 Å². The number of aldehydes is 1. The standard InChI is InChI=1S/C9H12N2O5S.C5H10O5/c12-3-4-6(14)7(15)8(16-4)11-2-1-5(13)10-9(11)17;6-1-3(8)5(10)4(9)2-7/h1-2,4,6-8,12,14-15H,3H2,(H,10,13,17);1,3-5,7-10H,2H2/t4-,6-,7-,8-;/m1./s1. The van der Waals surface area contributed by atoms with E-state index >= 15 is 0 Å². The molecule has 0 saturated carbocycles. The van der Waals surface area contributed by atoms with Gasteiger partial charge in [-0.2, -0.15) is 0 Å². The molecular formula is C14H22N2O10S. The van der Waals surface area contributed by atoms with Gasteiger partial charge in [0.15, 0.2) is 17.3 Å². The van der Waals surface area contributed by atoms with E-state index in [1.54, 1.807) is 0 Å². The third kappa shape index (κ3) is 5.97. The lowest BCUT2D eigenvalue weighted by Crippen LogP contribution is -2.40. The van der Waals surface area contributed by atoms with Crippen molar-refractivity contribution in [2.24, 2.45) is 0 Å². The Hall–Kier alpha value is -1.55. The fourth-order valence-corrected chi connectivity index (χ4v) is 2.42. The van der Waals surface area contributed by atoms with Crippen LogP contribution < -0.4 is 5.56 Å². The predicted molar refractivity (Wildman–Crippen MR) is 90.1 cm³/mol. The van der Waals surface area contributed by atoms with Crippen LogP contribution in [0.3, 0.4) is 0 Å². The topological polar surface area (TPSA) is 206 Å². The van der Waals surface area contributed by atoms with E-state index in [0.29, 0.717) is 0 Å². The van der Waals surface area contributed by atoms with E-state index in [0.717, 1.165) is 0 Å². The molecule has 1 fully saturated rings. The Morgan fingerprint density at radius 2 is 1.89 bits per heavy atom. The van der Waals surface area contributed by atoms with Crippen LogP contribution in [-0.4, -0.2) is 101 Å². The normalized spacial score (nSPS) is 28.0. The molecule has 1 aromatic heterocycles. The second kappa shape index (κ2) is 10.7. The van der Waals surface area contributed by atoms with Gasteiger partial charge >= 0.3 is 0 Å². The largest absolute Gasteiger partial charge is 0.394 e. The Bertz CT molecular complexity index is 710. The lowest BCUT2D eigenvalue weighted by molar-refractivity contribution is -0.127. The fraction of sp³-hybridized carbons (Fsp3) is 0.643. The molecule has 12 nitrogen and oxygen atoms in total. The summed E-state index contributed by atoms with van der Waals surface area (Å²) in [6.45, 7) is -1.10. The fourth-order valence-electron chi connectivity index (χ4n) is 2.15. The second-order valence-corrected chi connectivity index (χ2v) is 6.00. The Balaban J connectivity index is 0.000000314. The van der Waals surface area contributed by atoms with E-state index in [-0.39, 0.29) is 16.6 Å². The summed E-state index contributed by atoms with van der Waals surface area (Å²) in [7, 11) is 0. The molecule has 0 aliphatic carbocycles. The smallest absolute Gasteiger partial charge is 0.251 e. The number of hydrogen-bond acceptors (Lipinski definition) is 11. The molecule has 154 valence electrons. The molecule has 1 aromatic rings. The minimum absolute atomic E-state index is 0.0762. The van der Waals surface area contributed by atoms with Gasteiger partial charge in [-0.05, 0) is 12.2 Å². The van der Waals surface area contributed by atoms with Crippen molar-refractivity contribution in [1.29, 1.82) is 0 Å². The van der Waals surface area contributed by atoms with Crippen molar-refractivity contribution < 1.29 is 45.3 Å². The number of carbonyl (C=O) groups excluding carboxylic acids is 1. The molecule has 0 amide bonds. The molecule has 3 unspecified atom stereocenters. The van der Waals surface area contributed by atoms with E-state index in [9.17, 15) is 19.8 Å². The van der Waals surface area contributed by atoms with Gasteiger partial charge in [0.2, 0.25) is 0 Å². The number of hydrogen-bond donors (Lipinski definition) is 8. The molecule has 27 heavy (non-hydrogen) atoms. The Kier molecular flexibility index (Phi) is 9.31. The van der Waals surface area contributed by atoms with Crippen LogP contribution in [0, 0.1) is 4.77 Å².